The van der Waals surface area contributed by atoms with Crippen LogP contribution in [0.4, 0.5) is 0 Å². The highest BCUT2D eigenvalue weighted by Crippen LogP contribution is 2.41. The van der Waals surface area contributed by atoms with Gasteiger partial charge in [0, 0.05) is 45.0 Å². The molecule has 2 aromatic heterocycles. The Morgan fingerprint density at radius 3 is 2.14 bits per heavy atom. The summed E-state index contributed by atoms with van der Waals surface area (Å²) in [5.74, 6) is 0. The first-order valence-electron chi connectivity index (χ1n) is 10.0. The number of hydrogen-bond donors (Lipinski definition) is 1. The lowest BCUT2D eigenvalue weighted by atomic mass is 10.0. The minimum atomic E-state index is 1.19. The Labute approximate surface area is 167 Å². The van der Waals surface area contributed by atoms with E-state index in [9.17, 15) is 0 Å². The van der Waals surface area contributed by atoms with Gasteiger partial charge in [0.25, 0.3) is 0 Å². The molecule has 0 fully saturated rings. The normalized spacial score (nSPS) is 12.3. The zero-order chi connectivity index (χ0) is 19.1. The van der Waals surface area contributed by atoms with E-state index in [-0.39, 0.29) is 0 Å². The Balaban J connectivity index is 1.78. The predicted molar refractivity (Wildman–Crippen MR) is 125 cm³/mol. The molecule has 0 aliphatic rings. The van der Waals surface area contributed by atoms with Crippen molar-refractivity contribution in [1.29, 1.82) is 0 Å². The van der Waals surface area contributed by atoms with Crippen LogP contribution in [0.25, 0.3) is 65.2 Å². The molecule has 0 atom stereocenters. The first-order valence-corrected chi connectivity index (χ1v) is 10.0. The predicted octanol–water partition coefficient (Wildman–Crippen LogP) is 7.27. The van der Waals surface area contributed by atoms with Crippen LogP contribution in [0.2, 0.25) is 0 Å². The highest BCUT2D eigenvalue weighted by atomic mass is 14.9. The van der Waals surface area contributed by atoms with Crippen LogP contribution in [0.3, 0.4) is 0 Å². The molecule has 0 aliphatic heterocycles. The third-order valence-corrected chi connectivity index (χ3v) is 6.51. The van der Waals surface area contributed by atoms with Gasteiger partial charge >= 0.3 is 0 Å². The van der Waals surface area contributed by atoms with Crippen molar-refractivity contribution in [3.05, 3.63) is 84.9 Å². The molecule has 0 saturated carbocycles. The van der Waals surface area contributed by atoms with Crippen molar-refractivity contribution in [3.8, 4) is 0 Å². The summed E-state index contributed by atoms with van der Waals surface area (Å²) in [4.78, 5) is 3.71. The summed E-state index contributed by atoms with van der Waals surface area (Å²) in [5.41, 5.74) is 5.00. The fraction of sp³-hybridized carbons (Fsp3) is 0.0370. The molecule has 2 heterocycles. The molecular formula is C27H18N2. The highest BCUT2D eigenvalue weighted by molar-refractivity contribution is 6.30. The molecule has 136 valence electrons. The van der Waals surface area contributed by atoms with Gasteiger partial charge in [0.2, 0.25) is 0 Å². The first kappa shape index (κ1) is 15.2. The number of aryl methyl sites for hydroxylation is 1. The van der Waals surface area contributed by atoms with Crippen LogP contribution in [-0.2, 0) is 7.05 Å². The standard InChI is InChI=1S/C27H18N2/c1-29-23-15-11-16-6-2-4-8-18(16)24(23)21-13-14-22-25(27(21)29)20-12-10-17-7-3-5-9-19(17)26(20)28-22/h2-15,28H,1H3. The fourth-order valence-electron chi connectivity index (χ4n) is 5.21. The SMILES string of the molecule is Cn1c2ccc3ccccc3c2c2ccc3[nH]c4c5ccccc5ccc4c3c21. The quantitative estimate of drug-likeness (QED) is 0.290. The number of nitrogens with one attached hydrogen (secondary N) is 1. The molecule has 0 aliphatic carbocycles. The number of fused-ring (bicyclic) bond motifs is 11. The molecule has 0 unspecified atom stereocenters. The molecule has 7 aromatic rings. The van der Waals surface area contributed by atoms with Crippen LogP contribution in [0.1, 0.15) is 0 Å². The van der Waals surface area contributed by atoms with Crippen LogP contribution in [0, 0.1) is 0 Å². The molecule has 5 aromatic carbocycles. The minimum absolute atomic E-state index is 1.19. The average molecular weight is 370 g/mol. The summed E-state index contributed by atoms with van der Waals surface area (Å²) < 4.78 is 2.36. The summed E-state index contributed by atoms with van der Waals surface area (Å²) in [5, 5.41) is 10.4. The van der Waals surface area contributed by atoms with E-state index in [0.29, 0.717) is 0 Å². The Morgan fingerprint density at radius 1 is 0.586 bits per heavy atom. The van der Waals surface area contributed by atoms with E-state index in [1.807, 2.05) is 0 Å². The molecule has 0 radical (unpaired) electrons. The zero-order valence-electron chi connectivity index (χ0n) is 16.0. The first-order chi connectivity index (χ1) is 14.3. The third kappa shape index (κ3) is 1.81. The Bertz CT molecular complexity index is 1760. The Kier molecular flexibility index (Phi) is 2.71. The van der Waals surface area contributed by atoms with Crippen molar-refractivity contribution in [2.75, 3.05) is 0 Å². The minimum Gasteiger partial charge on any atom is -0.354 e. The van der Waals surface area contributed by atoms with E-state index in [4.69, 9.17) is 0 Å². The molecule has 0 bridgehead atoms. The molecule has 0 saturated heterocycles. The monoisotopic (exact) mass is 370 g/mol. The molecule has 2 heteroatoms. The fourth-order valence-corrected chi connectivity index (χ4v) is 5.21. The van der Waals surface area contributed by atoms with Crippen LogP contribution in [0.15, 0.2) is 84.9 Å². The second kappa shape index (κ2) is 5.18. The largest absolute Gasteiger partial charge is 0.354 e. The number of rotatable bonds is 0. The summed E-state index contributed by atoms with van der Waals surface area (Å²) in [6.07, 6.45) is 0. The van der Waals surface area contributed by atoms with Crippen LogP contribution < -0.4 is 0 Å². The molecule has 29 heavy (non-hydrogen) atoms. The van der Waals surface area contributed by atoms with Gasteiger partial charge in [-0.05, 0) is 28.3 Å². The van der Waals surface area contributed by atoms with E-state index in [1.165, 1.54) is 65.2 Å². The van der Waals surface area contributed by atoms with Gasteiger partial charge in [-0.15, -0.1) is 0 Å². The maximum Gasteiger partial charge on any atom is 0.0590 e. The maximum atomic E-state index is 3.71. The number of aromatic nitrogens is 2. The summed E-state index contributed by atoms with van der Waals surface area (Å²) in [6.45, 7) is 0. The lowest BCUT2D eigenvalue weighted by Crippen LogP contribution is -1.87. The van der Waals surface area contributed by atoms with Crippen molar-refractivity contribution in [1.82, 2.24) is 9.55 Å². The van der Waals surface area contributed by atoms with E-state index in [1.54, 1.807) is 0 Å². The number of H-pyrrole nitrogens is 1. The van der Waals surface area contributed by atoms with Crippen molar-refractivity contribution in [2.24, 2.45) is 7.05 Å². The summed E-state index contributed by atoms with van der Waals surface area (Å²) in [7, 11) is 2.19. The smallest absolute Gasteiger partial charge is 0.0590 e. The molecule has 7 rings (SSSR count). The molecule has 0 amide bonds. The maximum absolute atomic E-state index is 3.71. The van der Waals surface area contributed by atoms with Crippen molar-refractivity contribution in [3.63, 3.8) is 0 Å². The zero-order valence-corrected chi connectivity index (χ0v) is 16.0. The van der Waals surface area contributed by atoms with Crippen molar-refractivity contribution < 1.29 is 0 Å². The molecule has 2 nitrogen and oxygen atoms in total. The third-order valence-electron chi connectivity index (χ3n) is 6.51. The van der Waals surface area contributed by atoms with Gasteiger partial charge in [0.15, 0.2) is 0 Å². The van der Waals surface area contributed by atoms with E-state index in [0.717, 1.165) is 0 Å². The number of benzene rings is 5. The Morgan fingerprint density at radius 2 is 1.28 bits per heavy atom. The highest BCUT2D eigenvalue weighted by Gasteiger charge is 2.17. The number of nitrogens with zero attached hydrogens (tertiary/aromatic N) is 1. The van der Waals surface area contributed by atoms with Crippen LogP contribution in [-0.4, -0.2) is 9.55 Å². The summed E-state index contributed by atoms with van der Waals surface area (Å²) in [6, 6.07) is 30.8. The summed E-state index contributed by atoms with van der Waals surface area (Å²) >= 11 is 0. The number of aromatic amines is 1. The molecular weight excluding hydrogens is 352 g/mol. The van der Waals surface area contributed by atoms with Gasteiger partial charge in [0.1, 0.15) is 0 Å². The number of hydrogen-bond acceptors (Lipinski definition) is 0. The molecule has 0 spiro atoms. The van der Waals surface area contributed by atoms with Gasteiger partial charge in [-0.2, -0.15) is 0 Å². The van der Waals surface area contributed by atoms with Crippen LogP contribution >= 0.6 is 0 Å². The Hall–Kier alpha value is -3.78. The van der Waals surface area contributed by atoms with Crippen molar-refractivity contribution in [2.45, 2.75) is 0 Å². The van der Waals surface area contributed by atoms with E-state index < -0.39 is 0 Å². The van der Waals surface area contributed by atoms with Gasteiger partial charge in [-0.25, -0.2) is 0 Å². The van der Waals surface area contributed by atoms with Gasteiger partial charge < -0.3 is 9.55 Å². The molecule has 1 N–H and O–H groups in total. The van der Waals surface area contributed by atoms with Crippen LogP contribution in [0.5, 0.6) is 0 Å². The van der Waals surface area contributed by atoms with Gasteiger partial charge in [0.05, 0.1) is 11.0 Å². The second-order valence-corrected chi connectivity index (χ2v) is 7.96. The van der Waals surface area contributed by atoms with Gasteiger partial charge in [-0.3, -0.25) is 0 Å². The topological polar surface area (TPSA) is 20.7 Å². The average Bonchev–Trinajstić information content (AvgIpc) is 3.29. The lowest BCUT2D eigenvalue weighted by Gasteiger charge is -2.02. The van der Waals surface area contributed by atoms with Crippen molar-refractivity contribution >= 4 is 65.2 Å². The van der Waals surface area contributed by atoms with Gasteiger partial charge in [-0.1, -0.05) is 72.8 Å². The van der Waals surface area contributed by atoms with E-state index in [2.05, 4.69) is 102 Å². The lowest BCUT2D eigenvalue weighted by molar-refractivity contribution is 1.02. The second-order valence-electron chi connectivity index (χ2n) is 7.96. The van der Waals surface area contributed by atoms with E-state index >= 15 is 0 Å².